The Morgan fingerprint density at radius 3 is 3.15 bits per heavy atom. The van der Waals surface area contributed by atoms with Gasteiger partial charge in [0.05, 0.1) is 12.9 Å². The Morgan fingerprint density at radius 2 is 2.54 bits per heavy atom. The van der Waals surface area contributed by atoms with E-state index in [9.17, 15) is 4.79 Å². The van der Waals surface area contributed by atoms with Crippen LogP contribution in [0.4, 0.5) is 0 Å². The number of ketones is 1. The van der Waals surface area contributed by atoms with E-state index in [0.717, 1.165) is 12.8 Å². The molecule has 0 spiro atoms. The van der Waals surface area contributed by atoms with Gasteiger partial charge in [-0.2, -0.15) is 5.10 Å². The van der Waals surface area contributed by atoms with Crippen molar-refractivity contribution in [1.29, 1.82) is 0 Å². The lowest BCUT2D eigenvalue weighted by atomic mass is 10.1. The number of aromatic amines is 1. The van der Waals surface area contributed by atoms with Crippen LogP contribution in [0.1, 0.15) is 23.5 Å². The molecule has 1 aromatic rings. The molecule has 2 heterocycles. The average molecular weight is 179 g/mol. The van der Waals surface area contributed by atoms with E-state index in [2.05, 4.69) is 15.2 Å². The Bertz CT molecular complexity index is 329. The highest BCUT2D eigenvalue weighted by Gasteiger charge is 2.17. The van der Waals surface area contributed by atoms with Gasteiger partial charge in [-0.3, -0.25) is 9.89 Å². The molecule has 0 bridgehead atoms. The minimum atomic E-state index is -0.128. The zero-order valence-corrected chi connectivity index (χ0v) is 6.99. The van der Waals surface area contributed by atoms with Gasteiger partial charge < -0.3 is 4.74 Å². The first kappa shape index (κ1) is 7.97. The smallest absolute Gasteiger partial charge is 0.228 e. The van der Waals surface area contributed by atoms with Crippen LogP contribution in [-0.2, 0) is 4.74 Å². The standard InChI is InChI=1S/C8H9N3O2/c12-7(8-9-5-10-11-8)6-2-1-3-13-4-6/h4-5H,1-3H2,(H,9,10,11). The van der Waals surface area contributed by atoms with Gasteiger partial charge in [0.25, 0.3) is 0 Å². The summed E-state index contributed by atoms with van der Waals surface area (Å²) in [6.07, 6.45) is 4.46. The van der Waals surface area contributed by atoms with Crippen molar-refractivity contribution < 1.29 is 9.53 Å². The van der Waals surface area contributed by atoms with Gasteiger partial charge in [0, 0.05) is 5.57 Å². The van der Waals surface area contributed by atoms with Crippen LogP contribution in [0.25, 0.3) is 0 Å². The largest absolute Gasteiger partial charge is 0.501 e. The van der Waals surface area contributed by atoms with E-state index >= 15 is 0 Å². The molecular weight excluding hydrogens is 170 g/mol. The second-order valence-electron chi connectivity index (χ2n) is 2.78. The number of carbonyl (C=O) groups excluding carboxylic acids is 1. The van der Waals surface area contributed by atoms with Crippen LogP contribution in [0.15, 0.2) is 18.2 Å². The highest BCUT2D eigenvalue weighted by atomic mass is 16.5. The summed E-state index contributed by atoms with van der Waals surface area (Å²) in [6.45, 7) is 0.688. The molecule has 1 aliphatic heterocycles. The lowest BCUT2D eigenvalue weighted by Gasteiger charge is -2.10. The fraction of sp³-hybridized carbons (Fsp3) is 0.375. The summed E-state index contributed by atoms with van der Waals surface area (Å²) in [5, 5.41) is 6.14. The normalized spacial score (nSPS) is 16.2. The van der Waals surface area contributed by atoms with Gasteiger partial charge in [0.2, 0.25) is 5.78 Å². The number of allylic oxidation sites excluding steroid dienone is 1. The third-order valence-corrected chi connectivity index (χ3v) is 1.86. The van der Waals surface area contributed by atoms with E-state index in [-0.39, 0.29) is 11.6 Å². The number of ether oxygens (including phenoxy) is 1. The highest BCUT2D eigenvalue weighted by Crippen LogP contribution is 2.14. The predicted octanol–water partition coefficient (Wildman–Crippen LogP) is 0.682. The summed E-state index contributed by atoms with van der Waals surface area (Å²) in [4.78, 5) is 15.4. The Hall–Kier alpha value is -1.65. The molecule has 2 rings (SSSR count). The number of hydrogen-bond donors (Lipinski definition) is 1. The summed E-state index contributed by atoms with van der Waals surface area (Å²) in [7, 11) is 0. The first-order chi connectivity index (χ1) is 6.38. The van der Waals surface area contributed by atoms with E-state index in [1.54, 1.807) is 0 Å². The molecule has 5 nitrogen and oxygen atoms in total. The minimum Gasteiger partial charge on any atom is -0.501 e. The molecule has 5 heteroatoms. The number of nitrogens with one attached hydrogen (secondary N) is 1. The number of nitrogens with zero attached hydrogens (tertiary/aromatic N) is 2. The Balaban J connectivity index is 2.17. The number of carbonyl (C=O) groups is 1. The number of H-pyrrole nitrogens is 1. The van der Waals surface area contributed by atoms with Crippen LogP contribution < -0.4 is 0 Å². The third kappa shape index (κ3) is 1.58. The van der Waals surface area contributed by atoms with Crippen molar-refractivity contribution in [3.05, 3.63) is 24.0 Å². The molecule has 0 amide bonds. The fourth-order valence-electron chi connectivity index (χ4n) is 1.20. The Kier molecular flexibility index (Phi) is 2.08. The number of rotatable bonds is 2. The molecule has 0 saturated heterocycles. The van der Waals surface area contributed by atoms with Crippen molar-refractivity contribution in [2.45, 2.75) is 12.8 Å². The van der Waals surface area contributed by atoms with E-state index < -0.39 is 0 Å². The lowest BCUT2D eigenvalue weighted by Crippen LogP contribution is -2.10. The summed E-state index contributed by atoms with van der Waals surface area (Å²) in [5.41, 5.74) is 0.656. The van der Waals surface area contributed by atoms with Crippen molar-refractivity contribution in [2.24, 2.45) is 0 Å². The van der Waals surface area contributed by atoms with Gasteiger partial charge in [-0.1, -0.05) is 0 Å². The van der Waals surface area contributed by atoms with Crippen LogP contribution in [0.2, 0.25) is 0 Å². The summed E-state index contributed by atoms with van der Waals surface area (Å²) < 4.78 is 5.06. The second-order valence-corrected chi connectivity index (χ2v) is 2.78. The fourth-order valence-corrected chi connectivity index (χ4v) is 1.20. The summed E-state index contributed by atoms with van der Waals surface area (Å²) in [5.74, 6) is 0.147. The maximum Gasteiger partial charge on any atom is 0.228 e. The quantitative estimate of drug-likeness (QED) is 0.678. The molecule has 1 N–H and O–H groups in total. The molecule has 1 aliphatic rings. The van der Waals surface area contributed by atoms with Crippen molar-refractivity contribution in [1.82, 2.24) is 15.2 Å². The van der Waals surface area contributed by atoms with Crippen LogP contribution in [0.5, 0.6) is 0 Å². The molecule has 0 saturated carbocycles. The molecule has 0 aromatic carbocycles. The molecule has 68 valence electrons. The van der Waals surface area contributed by atoms with Crippen LogP contribution in [0, 0.1) is 0 Å². The Labute approximate surface area is 74.8 Å². The van der Waals surface area contributed by atoms with Gasteiger partial charge in [-0.05, 0) is 12.8 Å². The molecular formula is C8H9N3O2. The maximum atomic E-state index is 11.6. The minimum absolute atomic E-state index is 0.128. The van der Waals surface area contributed by atoms with E-state index in [1.807, 2.05) is 0 Å². The molecule has 13 heavy (non-hydrogen) atoms. The lowest BCUT2D eigenvalue weighted by molar-refractivity contribution is 0.100. The van der Waals surface area contributed by atoms with Crippen molar-refractivity contribution in [3.8, 4) is 0 Å². The topological polar surface area (TPSA) is 67.9 Å². The molecule has 0 atom stereocenters. The van der Waals surface area contributed by atoms with Crippen molar-refractivity contribution >= 4 is 5.78 Å². The van der Waals surface area contributed by atoms with Gasteiger partial charge in [-0.25, -0.2) is 4.98 Å². The number of aromatic nitrogens is 3. The molecule has 0 unspecified atom stereocenters. The van der Waals surface area contributed by atoms with Crippen LogP contribution in [0.3, 0.4) is 0 Å². The molecule has 0 fully saturated rings. The maximum absolute atomic E-state index is 11.6. The van der Waals surface area contributed by atoms with Crippen molar-refractivity contribution in [3.63, 3.8) is 0 Å². The van der Waals surface area contributed by atoms with Gasteiger partial charge in [0.15, 0.2) is 5.82 Å². The number of hydrogen-bond acceptors (Lipinski definition) is 4. The third-order valence-electron chi connectivity index (χ3n) is 1.86. The molecule has 1 aromatic heterocycles. The second kappa shape index (κ2) is 3.38. The van der Waals surface area contributed by atoms with Crippen molar-refractivity contribution in [2.75, 3.05) is 6.61 Å². The van der Waals surface area contributed by atoms with E-state index in [0.29, 0.717) is 12.2 Å². The first-order valence-electron chi connectivity index (χ1n) is 4.08. The Morgan fingerprint density at radius 1 is 1.62 bits per heavy atom. The zero-order valence-electron chi connectivity index (χ0n) is 6.99. The number of Topliss-reactive ketones (excluding diaryl/α,β-unsaturated/α-hetero) is 1. The van der Waals surface area contributed by atoms with E-state index in [1.165, 1.54) is 12.6 Å². The monoisotopic (exact) mass is 179 g/mol. The highest BCUT2D eigenvalue weighted by molar-refractivity contribution is 6.05. The SMILES string of the molecule is O=C(C1=COCCC1)c1ncn[nH]1. The first-order valence-corrected chi connectivity index (χ1v) is 4.08. The molecule has 0 radical (unpaired) electrons. The van der Waals surface area contributed by atoms with Gasteiger partial charge in [0.1, 0.15) is 6.33 Å². The van der Waals surface area contributed by atoms with E-state index in [4.69, 9.17) is 4.74 Å². The van der Waals surface area contributed by atoms with Crippen LogP contribution in [-0.4, -0.2) is 27.6 Å². The predicted molar refractivity (Wildman–Crippen MR) is 44.0 cm³/mol. The summed E-state index contributed by atoms with van der Waals surface area (Å²) in [6, 6.07) is 0. The molecule has 0 aliphatic carbocycles. The summed E-state index contributed by atoms with van der Waals surface area (Å²) >= 11 is 0. The van der Waals surface area contributed by atoms with Gasteiger partial charge >= 0.3 is 0 Å². The zero-order chi connectivity index (χ0) is 9.10. The van der Waals surface area contributed by atoms with Gasteiger partial charge in [-0.15, -0.1) is 0 Å². The van der Waals surface area contributed by atoms with Crippen LogP contribution >= 0.6 is 0 Å². The average Bonchev–Trinajstić information content (AvgIpc) is 2.71.